The van der Waals surface area contributed by atoms with Crippen LogP contribution in [0.5, 0.6) is 5.75 Å². The Kier molecular flexibility index (Phi) is 4.81. The maximum Gasteiger partial charge on any atom is 0.227 e. The summed E-state index contributed by atoms with van der Waals surface area (Å²) in [5, 5.41) is 21.8. The van der Waals surface area contributed by atoms with E-state index in [1.807, 2.05) is 6.07 Å². The number of rotatable bonds is 5. The molecule has 2 rings (SSSR count). The van der Waals surface area contributed by atoms with Crippen molar-refractivity contribution < 1.29 is 14.6 Å². The van der Waals surface area contributed by atoms with E-state index in [0.29, 0.717) is 24.3 Å². The Morgan fingerprint density at radius 3 is 2.81 bits per heavy atom. The van der Waals surface area contributed by atoms with Gasteiger partial charge in [-0.25, -0.2) is 0 Å². The first-order valence-electron chi connectivity index (χ1n) is 7.20. The zero-order valence-electron chi connectivity index (χ0n) is 12.1. The molecule has 1 unspecified atom stereocenters. The number of hydrogen-bond acceptors (Lipinski definition) is 4. The minimum Gasteiger partial charge on any atom is -0.474 e. The van der Waals surface area contributed by atoms with Gasteiger partial charge in [0.1, 0.15) is 11.8 Å². The minimum atomic E-state index is -0.875. The average molecular weight is 288 g/mol. The topological polar surface area (TPSA) is 82.3 Å². The maximum absolute atomic E-state index is 12.1. The highest BCUT2D eigenvalue weighted by atomic mass is 16.5. The molecule has 0 heterocycles. The van der Waals surface area contributed by atoms with Crippen LogP contribution < -0.4 is 10.1 Å². The normalized spacial score (nSPS) is 17.8. The van der Waals surface area contributed by atoms with Crippen LogP contribution in [0.1, 0.15) is 39.0 Å². The van der Waals surface area contributed by atoms with Gasteiger partial charge in [0, 0.05) is 0 Å². The predicted octanol–water partition coefficient (Wildman–Crippen LogP) is 2.61. The number of para-hydroxylation sites is 2. The molecule has 1 aliphatic carbocycles. The number of nitriles is 1. The lowest BCUT2D eigenvalue weighted by atomic mass is 9.97. The molecule has 5 heteroatoms. The number of aliphatic hydroxyl groups is 1. The summed E-state index contributed by atoms with van der Waals surface area (Å²) in [5.41, 5.74) is -0.356. The van der Waals surface area contributed by atoms with Crippen LogP contribution in [0.25, 0.3) is 0 Å². The van der Waals surface area contributed by atoms with Crippen molar-refractivity contribution in [2.75, 3.05) is 5.32 Å². The molecule has 0 aliphatic heterocycles. The van der Waals surface area contributed by atoms with Crippen LogP contribution in [0.15, 0.2) is 24.3 Å². The monoisotopic (exact) mass is 288 g/mol. The van der Waals surface area contributed by atoms with Crippen molar-refractivity contribution in [3.63, 3.8) is 0 Å². The number of nitrogens with zero attached hydrogens (tertiary/aromatic N) is 1. The summed E-state index contributed by atoms with van der Waals surface area (Å²) in [5.74, 6) is 0.221. The van der Waals surface area contributed by atoms with Crippen molar-refractivity contribution in [2.45, 2.75) is 50.7 Å². The highest BCUT2D eigenvalue weighted by molar-refractivity contribution is 5.92. The number of amides is 1. The molecule has 5 nitrogen and oxygen atoms in total. The molecule has 0 radical (unpaired) electrons. The quantitative estimate of drug-likeness (QED) is 0.872. The summed E-state index contributed by atoms with van der Waals surface area (Å²) >= 11 is 0. The Morgan fingerprint density at radius 2 is 2.14 bits per heavy atom. The van der Waals surface area contributed by atoms with E-state index >= 15 is 0 Å². The van der Waals surface area contributed by atoms with Gasteiger partial charge in [0.2, 0.25) is 5.91 Å². The SMILES string of the molecule is CC(C#N)Oc1ccccc1NC(=O)CC1(O)CCCC1. The Hall–Kier alpha value is -2.06. The third kappa shape index (κ3) is 4.20. The molecule has 1 amide bonds. The largest absolute Gasteiger partial charge is 0.474 e. The van der Waals surface area contributed by atoms with Crippen LogP contribution >= 0.6 is 0 Å². The number of ether oxygens (including phenoxy) is 1. The molecule has 1 aromatic carbocycles. The fourth-order valence-electron chi connectivity index (χ4n) is 2.59. The van der Waals surface area contributed by atoms with E-state index in [9.17, 15) is 9.90 Å². The Balaban J connectivity index is 2.02. The summed E-state index contributed by atoms with van der Waals surface area (Å²) in [6.07, 6.45) is 2.76. The van der Waals surface area contributed by atoms with E-state index in [2.05, 4.69) is 5.32 Å². The number of hydrogen-bond donors (Lipinski definition) is 2. The number of nitrogens with one attached hydrogen (secondary N) is 1. The first-order valence-corrected chi connectivity index (χ1v) is 7.20. The number of carbonyl (C=O) groups excluding carboxylic acids is 1. The first-order chi connectivity index (χ1) is 10.0. The maximum atomic E-state index is 12.1. The summed E-state index contributed by atoms with van der Waals surface area (Å²) < 4.78 is 5.45. The van der Waals surface area contributed by atoms with E-state index in [1.54, 1.807) is 31.2 Å². The van der Waals surface area contributed by atoms with Crippen molar-refractivity contribution in [1.29, 1.82) is 5.26 Å². The number of anilines is 1. The van der Waals surface area contributed by atoms with Crippen molar-refractivity contribution in [3.8, 4) is 11.8 Å². The van der Waals surface area contributed by atoms with Gasteiger partial charge in [-0.05, 0) is 31.9 Å². The van der Waals surface area contributed by atoms with Crippen molar-refractivity contribution in [2.24, 2.45) is 0 Å². The lowest BCUT2D eigenvalue weighted by Crippen LogP contribution is -2.30. The molecule has 1 aromatic rings. The molecule has 1 saturated carbocycles. The first kappa shape index (κ1) is 15.3. The summed E-state index contributed by atoms with van der Waals surface area (Å²) in [6, 6.07) is 8.96. The van der Waals surface area contributed by atoms with Crippen LogP contribution in [0.2, 0.25) is 0 Å². The summed E-state index contributed by atoms with van der Waals surface area (Å²) in [4.78, 5) is 12.1. The molecular weight excluding hydrogens is 268 g/mol. The molecule has 1 fully saturated rings. The standard InChI is InChI=1S/C16H20N2O3/c1-12(11-17)21-14-7-3-2-6-13(14)18-15(19)10-16(20)8-4-5-9-16/h2-3,6-7,12,20H,4-5,8-10H2,1H3,(H,18,19). The molecule has 0 bridgehead atoms. The molecule has 1 aliphatic rings. The van der Waals surface area contributed by atoms with Gasteiger partial charge in [-0.3, -0.25) is 4.79 Å². The molecule has 0 spiro atoms. The highest BCUT2D eigenvalue weighted by Gasteiger charge is 2.33. The zero-order chi connectivity index (χ0) is 15.3. The summed E-state index contributed by atoms with van der Waals surface area (Å²) in [7, 11) is 0. The highest BCUT2D eigenvalue weighted by Crippen LogP contribution is 2.33. The molecule has 2 N–H and O–H groups in total. The van der Waals surface area contributed by atoms with Gasteiger partial charge >= 0.3 is 0 Å². The fraction of sp³-hybridized carbons (Fsp3) is 0.500. The van der Waals surface area contributed by atoms with E-state index in [0.717, 1.165) is 12.8 Å². The smallest absolute Gasteiger partial charge is 0.227 e. The second-order valence-corrected chi connectivity index (χ2v) is 5.54. The molecule has 1 atom stereocenters. The fourth-order valence-corrected chi connectivity index (χ4v) is 2.59. The van der Waals surface area contributed by atoms with Gasteiger partial charge in [-0.15, -0.1) is 0 Å². The van der Waals surface area contributed by atoms with Gasteiger partial charge in [0.15, 0.2) is 6.10 Å². The van der Waals surface area contributed by atoms with Gasteiger partial charge < -0.3 is 15.2 Å². The van der Waals surface area contributed by atoms with Gasteiger partial charge in [0.25, 0.3) is 0 Å². The van der Waals surface area contributed by atoms with Crippen LogP contribution in [0.3, 0.4) is 0 Å². The molecule has 0 aromatic heterocycles. The lowest BCUT2D eigenvalue weighted by Gasteiger charge is -2.21. The molecule has 112 valence electrons. The van der Waals surface area contributed by atoms with Crippen molar-refractivity contribution in [3.05, 3.63) is 24.3 Å². The molecule has 21 heavy (non-hydrogen) atoms. The van der Waals surface area contributed by atoms with Crippen LogP contribution in [-0.4, -0.2) is 22.7 Å². The van der Waals surface area contributed by atoms with Gasteiger partial charge in [0.05, 0.1) is 17.7 Å². The van der Waals surface area contributed by atoms with Gasteiger partial charge in [-0.1, -0.05) is 25.0 Å². The van der Waals surface area contributed by atoms with Crippen LogP contribution in [-0.2, 0) is 4.79 Å². The van der Waals surface area contributed by atoms with Crippen molar-refractivity contribution in [1.82, 2.24) is 0 Å². The minimum absolute atomic E-state index is 0.0924. The van der Waals surface area contributed by atoms with E-state index in [4.69, 9.17) is 10.00 Å². The Morgan fingerprint density at radius 1 is 1.48 bits per heavy atom. The average Bonchev–Trinajstić information content (AvgIpc) is 2.87. The second-order valence-electron chi connectivity index (χ2n) is 5.54. The van der Waals surface area contributed by atoms with Crippen molar-refractivity contribution >= 4 is 11.6 Å². The van der Waals surface area contributed by atoms with Crippen LogP contribution in [0, 0.1) is 11.3 Å². The predicted molar refractivity (Wildman–Crippen MR) is 78.8 cm³/mol. The van der Waals surface area contributed by atoms with Gasteiger partial charge in [-0.2, -0.15) is 5.26 Å². The lowest BCUT2D eigenvalue weighted by molar-refractivity contribution is -0.120. The zero-order valence-corrected chi connectivity index (χ0v) is 12.1. The second kappa shape index (κ2) is 6.59. The van der Waals surface area contributed by atoms with E-state index < -0.39 is 11.7 Å². The third-order valence-electron chi connectivity index (χ3n) is 3.67. The molecular formula is C16H20N2O3. The Bertz CT molecular complexity index is 545. The van der Waals surface area contributed by atoms with E-state index in [-0.39, 0.29) is 12.3 Å². The molecule has 0 saturated heterocycles. The van der Waals surface area contributed by atoms with E-state index in [1.165, 1.54) is 0 Å². The number of carbonyl (C=O) groups is 1. The Labute approximate surface area is 124 Å². The van der Waals surface area contributed by atoms with Crippen LogP contribution in [0.4, 0.5) is 5.69 Å². The summed E-state index contributed by atoms with van der Waals surface area (Å²) in [6.45, 7) is 1.64. The number of benzene rings is 1. The third-order valence-corrected chi connectivity index (χ3v) is 3.67.